The first-order valence-electron chi connectivity index (χ1n) is 5.13. The van der Waals surface area contributed by atoms with E-state index < -0.39 is 12.0 Å². The Hall–Kier alpha value is -1.62. The van der Waals surface area contributed by atoms with Gasteiger partial charge < -0.3 is 16.2 Å². The van der Waals surface area contributed by atoms with Crippen LogP contribution in [0, 0.1) is 0 Å². The van der Waals surface area contributed by atoms with Gasteiger partial charge >= 0.3 is 5.97 Å². The molecule has 5 heteroatoms. The van der Waals surface area contributed by atoms with E-state index >= 15 is 0 Å². The molecule has 0 aromatic heterocycles. The lowest BCUT2D eigenvalue weighted by Crippen LogP contribution is -2.33. The van der Waals surface area contributed by atoms with E-state index in [9.17, 15) is 9.59 Å². The van der Waals surface area contributed by atoms with Gasteiger partial charge in [0.2, 0.25) is 5.91 Å². The molecule has 5 nitrogen and oxygen atoms in total. The summed E-state index contributed by atoms with van der Waals surface area (Å²) in [6.45, 7) is 1.47. The first-order chi connectivity index (χ1) is 7.49. The van der Waals surface area contributed by atoms with Crippen LogP contribution in [0.5, 0.6) is 0 Å². The van der Waals surface area contributed by atoms with E-state index in [1.165, 1.54) is 13.0 Å². The lowest BCUT2D eigenvalue weighted by atomic mass is 9.96. The monoisotopic (exact) mass is 224 g/mol. The molecule has 0 radical (unpaired) electrons. The van der Waals surface area contributed by atoms with E-state index in [0.29, 0.717) is 0 Å². The van der Waals surface area contributed by atoms with Gasteiger partial charge in [-0.2, -0.15) is 0 Å². The molecule has 1 rings (SSSR count). The van der Waals surface area contributed by atoms with Gasteiger partial charge in [0.05, 0.1) is 0 Å². The fraction of sp³-hybridized carbons (Fsp3) is 0.455. The number of amides is 1. The number of nitrogens with two attached hydrogens (primary N) is 1. The maximum absolute atomic E-state index is 10.8. The van der Waals surface area contributed by atoms with Crippen LogP contribution in [0.2, 0.25) is 0 Å². The molecule has 1 aliphatic rings. The third-order valence-corrected chi connectivity index (χ3v) is 2.35. The van der Waals surface area contributed by atoms with Crippen LogP contribution in [-0.2, 0) is 9.59 Å². The Bertz CT molecular complexity index is 347. The number of hydrogen-bond donors (Lipinski definition) is 3. The number of carbonyl (C=O) groups is 2. The lowest BCUT2D eigenvalue weighted by molar-refractivity contribution is -0.137. The number of carboxylic acids is 1. The maximum atomic E-state index is 10.8. The Kier molecular flexibility index (Phi) is 4.25. The lowest BCUT2D eigenvalue weighted by Gasteiger charge is -2.19. The van der Waals surface area contributed by atoms with E-state index in [4.69, 9.17) is 10.8 Å². The molecule has 0 aliphatic heterocycles. The second-order valence-electron chi connectivity index (χ2n) is 3.81. The molecular formula is C11H16N2O3. The van der Waals surface area contributed by atoms with Crippen LogP contribution < -0.4 is 11.1 Å². The summed E-state index contributed by atoms with van der Waals surface area (Å²) < 4.78 is 0. The molecule has 2 atom stereocenters. The Balaban J connectivity index is 2.57. The molecule has 4 N–H and O–H groups in total. The van der Waals surface area contributed by atoms with Crippen molar-refractivity contribution in [3.8, 4) is 0 Å². The smallest absolute Gasteiger partial charge is 0.324 e. The summed E-state index contributed by atoms with van der Waals surface area (Å²) in [7, 11) is 0. The van der Waals surface area contributed by atoms with Gasteiger partial charge in [-0.3, -0.25) is 9.59 Å². The highest BCUT2D eigenvalue weighted by Gasteiger charge is 2.14. The Morgan fingerprint density at radius 2 is 2.38 bits per heavy atom. The predicted molar refractivity (Wildman–Crippen MR) is 59.7 cm³/mol. The number of aliphatic carboxylic acids is 1. The largest absolute Gasteiger partial charge is 0.480 e. The minimum atomic E-state index is -1.04. The minimum absolute atomic E-state index is 0.0377. The minimum Gasteiger partial charge on any atom is -0.480 e. The van der Waals surface area contributed by atoms with Crippen molar-refractivity contribution in [2.24, 2.45) is 5.73 Å². The Morgan fingerprint density at radius 1 is 1.69 bits per heavy atom. The third-order valence-electron chi connectivity index (χ3n) is 2.35. The Labute approximate surface area is 94.0 Å². The fourth-order valence-corrected chi connectivity index (χ4v) is 1.56. The number of carboxylic acid groups (broad SMARTS) is 1. The van der Waals surface area contributed by atoms with Gasteiger partial charge in [0.1, 0.15) is 6.04 Å². The van der Waals surface area contributed by atoms with Gasteiger partial charge in [-0.05, 0) is 12.8 Å². The Morgan fingerprint density at radius 3 is 2.81 bits per heavy atom. The van der Waals surface area contributed by atoms with Crippen LogP contribution in [0.4, 0.5) is 0 Å². The van der Waals surface area contributed by atoms with Crippen LogP contribution in [0.15, 0.2) is 23.8 Å². The summed E-state index contributed by atoms with van der Waals surface area (Å²) in [5.74, 6) is -1.10. The van der Waals surface area contributed by atoms with E-state index in [1.807, 2.05) is 12.2 Å². The maximum Gasteiger partial charge on any atom is 0.324 e. The highest BCUT2D eigenvalue weighted by molar-refractivity contribution is 5.76. The summed E-state index contributed by atoms with van der Waals surface area (Å²) in [6.07, 6.45) is 6.69. The number of hydrogen-bond acceptors (Lipinski definition) is 3. The first kappa shape index (κ1) is 12.4. The number of rotatable bonds is 3. The van der Waals surface area contributed by atoms with E-state index in [2.05, 4.69) is 5.32 Å². The molecule has 1 unspecified atom stereocenters. The molecule has 1 aliphatic carbocycles. The van der Waals surface area contributed by atoms with E-state index in [0.717, 1.165) is 18.4 Å². The molecule has 0 saturated heterocycles. The first-order valence-corrected chi connectivity index (χ1v) is 5.13. The van der Waals surface area contributed by atoms with Gasteiger partial charge in [-0.15, -0.1) is 0 Å². The van der Waals surface area contributed by atoms with E-state index in [1.54, 1.807) is 0 Å². The van der Waals surface area contributed by atoms with E-state index in [-0.39, 0.29) is 11.9 Å². The highest BCUT2D eigenvalue weighted by atomic mass is 16.4. The van der Waals surface area contributed by atoms with Gasteiger partial charge in [0.25, 0.3) is 0 Å². The topological polar surface area (TPSA) is 92.4 Å². The summed E-state index contributed by atoms with van der Waals surface area (Å²) in [4.78, 5) is 21.3. The SMILES string of the molecule is CC(=O)N[C@H]1C=C/C(=C\C(N)C(=O)O)CC1. The molecule has 0 fully saturated rings. The summed E-state index contributed by atoms with van der Waals surface area (Å²) in [6, 6.07) is -0.923. The number of allylic oxidation sites excluding steroid dienone is 2. The van der Waals surface area contributed by atoms with Gasteiger partial charge in [0, 0.05) is 13.0 Å². The molecule has 16 heavy (non-hydrogen) atoms. The van der Waals surface area contributed by atoms with Crippen molar-refractivity contribution < 1.29 is 14.7 Å². The molecule has 0 aromatic carbocycles. The predicted octanol–water partition coefficient (Wildman–Crippen LogP) is 0.179. The fourth-order valence-electron chi connectivity index (χ4n) is 1.56. The van der Waals surface area contributed by atoms with Crippen molar-refractivity contribution >= 4 is 11.9 Å². The highest BCUT2D eigenvalue weighted by Crippen LogP contribution is 2.17. The van der Waals surface area contributed by atoms with Crippen LogP contribution in [0.3, 0.4) is 0 Å². The van der Waals surface area contributed by atoms with Crippen LogP contribution >= 0.6 is 0 Å². The molecule has 1 amide bonds. The van der Waals surface area contributed by atoms with Crippen molar-refractivity contribution in [3.63, 3.8) is 0 Å². The quantitative estimate of drug-likeness (QED) is 0.637. The zero-order valence-electron chi connectivity index (χ0n) is 9.14. The summed E-state index contributed by atoms with van der Waals surface area (Å²) in [5.41, 5.74) is 6.28. The molecule has 0 bridgehead atoms. The van der Waals surface area contributed by atoms with Crippen LogP contribution in [0.25, 0.3) is 0 Å². The van der Waals surface area contributed by atoms with Crippen molar-refractivity contribution in [1.29, 1.82) is 0 Å². The standard InChI is InChI=1S/C11H16N2O3/c1-7(14)13-9-4-2-8(3-5-9)6-10(12)11(15)16/h2,4,6,9-10H,3,5,12H2,1H3,(H,13,14)(H,15,16)/b8-6+/t9-,10?/m0/s1. The van der Waals surface area contributed by atoms with Crippen LogP contribution in [0.1, 0.15) is 19.8 Å². The molecule has 0 heterocycles. The van der Waals surface area contributed by atoms with Crippen molar-refractivity contribution in [1.82, 2.24) is 5.32 Å². The number of carbonyl (C=O) groups excluding carboxylic acids is 1. The molecule has 0 saturated carbocycles. The molecule has 0 aromatic rings. The second kappa shape index (κ2) is 5.46. The van der Waals surface area contributed by atoms with Gasteiger partial charge in [0.15, 0.2) is 0 Å². The van der Waals surface area contributed by atoms with Crippen molar-refractivity contribution in [2.45, 2.75) is 31.8 Å². The molecular weight excluding hydrogens is 208 g/mol. The zero-order valence-corrected chi connectivity index (χ0v) is 9.14. The second-order valence-corrected chi connectivity index (χ2v) is 3.81. The zero-order chi connectivity index (χ0) is 12.1. The van der Waals surface area contributed by atoms with Gasteiger partial charge in [-0.1, -0.05) is 23.8 Å². The molecule has 88 valence electrons. The van der Waals surface area contributed by atoms with Crippen molar-refractivity contribution in [3.05, 3.63) is 23.8 Å². The van der Waals surface area contributed by atoms with Gasteiger partial charge in [-0.25, -0.2) is 0 Å². The summed E-state index contributed by atoms with van der Waals surface area (Å²) >= 11 is 0. The molecule has 0 spiro atoms. The normalized spacial score (nSPS) is 24.1. The van der Waals surface area contributed by atoms with Crippen LogP contribution in [-0.4, -0.2) is 29.1 Å². The number of nitrogens with one attached hydrogen (secondary N) is 1. The van der Waals surface area contributed by atoms with Crippen molar-refractivity contribution in [2.75, 3.05) is 0 Å². The average molecular weight is 224 g/mol. The summed E-state index contributed by atoms with van der Waals surface area (Å²) in [5, 5.41) is 11.4. The average Bonchev–Trinajstić information content (AvgIpc) is 2.20. The third kappa shape index (κ3) is 3.86.